The third-order valence-electron chi connectivity index (χ3n) is 4.91. The minimum Gasteiger partial charge on any atom is -0.494 e. The molecule has 0 atom stereocenters. The van der Waals surface area contributed by atoms with Gasteiger partial charge in [0.1, 0.15) is 5.75 Å². The predicted molar refractivity (Wildman–Crippen MR) is 110 cm³/mol. The summed E-state index contributed by atoms with van der Waals surface area (Å²) in [7, 11) is -3.44. The number of pyridine rings is 1. The molecule has 0 aliphatic carbocycles. The minimum absolute atomic E-state index is 0.216. The predicted octanol–water partition coefficient (Wildman–Crippen LogP) is 3.38. The van der Waals surface area contributed by atoms with Gasteiger partial charge in [0.2, 0.25) is 0 Å². The number of Topliss-reactive ketones (excluding diaryl/α,β-unsaturated/α-hetero) is 1. The van der Waals surface area contributed by atoms with Crippen LogP contribution < -0.4 is 10.1 Å². The fourth-order valence-electron chi connectivity index (χ4n) is 3.48. The van der Waals surface area contributed by atoms with Gasteiger partial charge in [-0.1, -0.05) is 18.2 Å². The number of benzene rings is 1. The van der Waals surface area contributed by atoms with E-state index in [1.807, 2.05) is 18.2 Å². The largest absolute Gasteiger partial charge is 0.494 e. The first-order valence-corrected chi connectivity index (χ1v) is 10.7. The molecule has 3 heterocycles. The van der Waals surface area contributed by atoms with Crippen molar-refractivity contribution in [2.45, 2.75) is 12.3 Å². The number of fused-ring (bicyclic) bond motifs is 1. The molecule has 3 aromatic rings. The molecule has 0 unspecified atom stereocenters. The number of nitrogens with zero attached hydrogens (tertiary/aromatic N) is 2. The van der Waals surface area contributed by atoms with Crippen molar-refractivity contribution in [2.24, 2.45) is 0 Å². The number of aromatic nitrogens is 2. The van der Waals surface area contributed by atoms with Gasteiger partial charge in [0.25, 0.3) is 10.0 Å². The molecule has 1 aliphatic rings. The van der Waals surface area contributed by atoms with Crippen LogP contribution in [0.2, 0.25) is 0 Å². The van der Waals surface area contributed by atoms with Gasteiger partial charge < -0.3 is 15.0 Å². The maximum atomic E-state index is 13.0. The first-order valence-electron chi connectivity index (χ1n) is 9.18. The van der Waals surface area contributed by atoms with Crippen molar-refractivity contribution in [3.63, 3.8) is 0 Å². The van der Waals surface area contributed by atoms with Crippen molar-refractivity contribution in [1.82, 2.24) is 14.3 Å². The topological polar surface area (TPSA) is 104 Å². The molecule has 8 nitrogen and oxygen atoms in total. The van der Waals surface area contributed by atoms with Crippen molar-refractivity contribution in [2.75, 3.05) is 19.0 Å². The maximum absolute atomic E-state index is 13.0. The monoisotopic (exact) mass is 448 g/mol. The normalized spacial score (nSPS) is 14.5. The van der Waals surface area contributed by atoms with E-state index in [0.29, 0.717) is 32.7 Å². The Bertz CT molecular complexity index is 1230. The van der Waals surface area contributed by atoms with E-state index in [4.69, 9.17) is 4.74 Å². The molecule has 2 N–H and O–H groups in total. The Balaban J connectivity index is 1.88. The van der Waals surface area contributed by atoms with Crippen LogP contribution in [0.5, 0.6) is 5.75 Å². The van der Waals surface area contributed by atoms with Crippen molar-refractivity contribution in [3.05, 3.63) is 60.0 Å². The van der Waals surface area contributed by atoms with Crippen molar-refractivity contribution < 1.29 is 26.7 Å². The lowest BCUT2D eigenvalue weighted by Gasteiger charge is -2.25. The molecular formula is C20H18F2N4O4S. The van der Waals surface area contributed by atoms with Crippen LogP contribution >= 0.6 is 0 Å². The molecular weight excluding hydrogens is 430 g/mol. The van der Waals surface area contributed by atoms with Gasteiger partial charge in [-0.3, -0.25) is 9.78 Å². The zero-order valence-corrected chi connectivity index (χ0v) is 17.1. The van der Waals surface area contributed by atoms with Crippen molar-refractivity contribution in [1.29, 1.82) is 0 Å². The van der Waals surface area contributed by atoms with Crippen molar-refractivity contribution in [3.8, 4) is 17.0 Å². The highest BCUT2D eigenvalue weighted by atomic mass is 32.2. The van der Waals surface area contributed by atoms with Crippen molar-refractivity contribution >= 4 is 27.2 Å². The number of methoxy groups -OCH3 is 1. The van der Waals surface area contributed by atoms with E-state index in [1.165, 1.54) is 13.3 Å². The number of nitrogens with one attached hydrogen (secondary N) is 2. The molecule has 1 aromatic carbocycles. The maximum Gasteiger partial charge on any atom is 0.350 e. The number of ketones is 1. The van der Waals surface area contributed by atoms with E-state index in [1.54, 1.807) is 24.4 Å². The Hall–Kier alpha value is -3.31. The van der Waals surface area contributed by atoms with E-state index in [2.05, 4.69) is 15.3 Å². The lowest BCUT2D eigenvalue weighted by atomic mass is 10.0. The average Bonchev–Trinajstić information content (AvgIpc) is 3.12. The summed E-state index contributed by atoms with van der Waals surface area (Å²) in [6.45, 7) is -1.06. The quantitative estimate of drug-likeness (QED) is 0.599. The third kappa shape index (κ3) is 3.77. The fraction of sp³-hybridized carbons (Fsp3) is 0.200. The van der Waals surface area contributed by atoms with Gasteiger partial charge in [-0.05, 0) is 18.2 Å². The number of rotatable bonds is 6. The molecule has 1 aliphatic heterocycles. The van der Waals surface area contributed by atoms with E-state index in [0.717, 1.165) is 0 Å². The molecule has 4 rings (SSSR count). The summed E-state index contributed by atoms with van der Waals surface area (Å²) >= 11 is 0. The number of halogens is 2. The number of H-pyrrole nitrogens is 1. The van der Waals surface area contributed by atoms with Crippen LogP contribution in [-0.4, -0.2) is 47.9 Å². The number of ether oxygens (including phenoxy) is 1. The van der Waals surface area contributed by atoms with E-state index in [-0.39, 0.29) is 17.8 Å². The molecule has 0 fully saturated rings. The van der Waals surface area contributed by atoms with Crippen LogP contribution in [0.3, 0.4) is 0 Å². The second-order valence-electron chi connectivity index (χ2n) is 6.79. The first-order chi connectivity index (χ1) is 14.8. The summed E-state index contributed by atoms with van der Waals surface area (Å²) in [5.74, 6) is -3.79. The standard InChI is InChI=1S/C20H18F2N4O4S/c1-30-16-9-23-8-7-13(16)18-19(24-12-5-3-2-4-6-12)17-14(25-18)10-26(11-15(17)27)31(28,29)20(21)22/h2-9,20,24-25H,10-11H2,1H3. The number of hydrogen-bond donors (Lipinski definition) is 2. The summed E-state index contributed by atoms with van der Waals surface area (Å²) in [5.41, 5.74) is 2.56. The zero-order valence-electron chi connectivity index (χ0n) is 16.3. The molecule has 31 heavy (non-hydrogen) atoms. The molecule has 0 radical (unpaired) electrons. The van der Waals surface area contributed by atoms with Gasteiger partial charge >= 0.3 is 5.76 Å². The summed E-state index contributed by atoms with van der Waals surface area (Å²) in [4.78, 5) is 20.0. The van der Waals surface area contributed by atoms with E-state index in [9.17, 15) is 22.0 Å². The number of aromatic amines is 1. The molecule has 0 saturated heterocycles. The van der Waals surface area contributed by atoms with Crippen LogP contribution in [0.4, 0.5) is 20.2 Å². The number of carbonyl (C=O) groups excluding carboxylic acids is 1. The lowest BCUT2D eigenvalue weighted by Crippen LogP contribution is -2.42. The summed E-state index contributed by atoms with van der Waals surface area (Å²) in [6, 6.07) is 10.7. The van der Waals surface area contributed by atoms with Gasteiger partial charge in [0, 0.05) is 23.1 Å². The molecule has 0 amide bonds. The van der Waals surface area contributed by atoms with Gasteiger partial charge in [-0.25, -0.2) is 8.42 Å². The molecule has 0 saturated carbocycles. The van der Waals surface area contributed by atoms with Gasteiger partial charge in [0.05, 0.1) is 43.3 Å². The number of hydrogen-bond acceptors (Lipinski definition) is 6. The third-order valence-corrected chi connectivity index (χ3v) is 6.34. The Labute approximate surface area is 176 Å². The van der Waals surface area contributed by atoms with E-state index >= 15 is 0 Å². The highest BCUT2D eigenvalue weighted by Gasteiger charge is 2.40. The second-order valence-corrected chi connectivity index (χ2v) is 8.70. The Kier molecular flexibility index (Phi) is 5.46. The average molecular weight is 448 g/mol. The first kappa shape index (κ1) is 20.9. The number of alkyl halides is 2. The van der Waals surface area contributed by atoms with Gasteiger partial charge in [0.15, 0.2) is 5.78 Å². The van der Waals surface area contributed by atoms with Crippen LogP contribution in [0.15, 0.2) is 48.8 Å². The summed E-state index contributed by atoms with van der Waals surface area (Å²) < 4.78 is 55.9. The molecule has 0 spiro atoms. The van der Waals surface area contributed by atoms with Crippen LogP contribution in [0.1, 0.15) is 16.1 Å². The Morgan fingerprint density at radius 2 is 1.94 bits per heavy atom. The number of sulfonamides is 1. The van der Waals surface area contributed by atoms with Gasteiger partial charge in [-0.15, -0.1) is 0 Å². The molecule has 2 aromatic heterocycles. The second kappa shape index (κ2) is 8.08. The fourth-order valence-corrected chi connectivity index (χ4v) is 4.32. The molecule has 11 heteroatoms. The minimum atomic E-state index is -4.91. The zero-order chi connectivity index (χ0) is 22.2. The van der Waals surface area contributed by atoms with Crippen LogP contribution in [0.25, 0.3) is 11.3 Å². The van der Waals surface area contributed by atoms with Crippen LogP contribution in [-0.2, 0) is 16.6 Å². The SMILES string of the molecule is COc1cnccc1-c1[nH]c2c(c1Nc1ccccc1)C(=O)CN(S(=O)(=O)C(F)F)C2. The Morgan fingerprint density at radius 1 is 1.19 bits per heavy atom. The highest BCUT2D eigenvalue weighted by molar-refractivity contribution is 7.89. The number of anilines is 2. The Morgan fingerprint density at radius 3 is 2.61 bits per heavy atom. The number of carbonyl (C=O) groups is 1. The van der Waals surface area contributed by atoms with E-state index < -0.39 is 28.1 Å². The summed E-state index contributed by atoms with van der Waals surface area (Å²) in [5, 5.41) is 3.19. The van der Waals surface area contributed by atoms with Crippen LogP contribution in [0, 0.1) is 0 Å². The smallest absolute Gasteiger partial charge is 0.350 e. The molecule has 162 valence electrons. The number of para-hydroxylation sites is 1. The highest BCUT2D eigenvalue weighted by Crippen LogP contribution is 2.41. The van der Waals surface area contributed by atoms with Gasteiger partial charge in [-0.2, -0.15) is 13.1 Å². The summed E-state index contributed by atoms with van der Waals surface area (Å²) in [6.07, 6.45) is 3.04. The molecule has 0 bridgehead atoms. The lowest BCUT2D eigenvalue weighted by molar-refractivity contribution is 0.0945.